The van der Waals surface area contributed by atoms with Crippen LogP contribution in [0.2, 0.25) is 0 Å². The molecule has 0 unspecified atom stereocenters. The Bertz CT molecular complexity index is 524. The van der Waals surface area contributed by atoms with E-state index in [9.17, 15) is 0 Å². The average Bonchev–Trinajstić information content (AvgIpc) is 2.40. The maximum Gasteiger partial charge on any atom is 0.206 e. The predicted molar refractivity (Wildman–Crippen MR) is 72.1 cm³/mol. The van der Waals surface area contributed by atoms with Gasteiger partial charge in [0.25, 0.3) is 0 Å². The van der Waals surface area contributed by atoms with Crippen LogP contribution in [0.25, 0.3) is 11.8 Å². The van der Waals surface area contributed by atoms with Gasteiger partial charge in [-0.2, -0.15) is 4.57 Å². The Balaban J connectivity index is 2.24. The molecule has 0 aliphatic heterocycles. The molecule has 0 aliphatic carbocycles. The summed E-state index contributed by atoms with van der Waals surface area (Å²) in [6, 6.07) is 16.3. The lowest BCUT2D eigenvalue weighted by molar-refractivity contribution is -0.579. The van der Waals surface area contributed by atoms with E-state index in [2.05, 4.69) is 31.7 Å². The quantitative estimate of drug-likeness (QED) is 0.552. The van der Waals surface area contributed by atoms with Crippen molar-refractivity contribution in [2.45, 2.75) is 6.92 Å². The largest absolute Gasteiger partial charge is 0.206 e. The molecule has 1 aromatic carbocycles. The first-order chi connectivity index (χ1) is 8.27. The summed E-state index contributed by atoms with van der Waals surface area (Å²) < 4.78 is 2.02. The fourth-order valence-electron chi connectivity index (χ4n) is 1.66. The molecule has 2 rings (SSSR count). The third-order valence-corrected chi connectivity index (χ3v) is 2.67. The van der Waals surface area contributed by atoms with Gasteiger partial charge in [0.05, 0.1) is 0 Å². The minimum atomic E-state index is 0.995. The van der Waals surface area contributed by atoms with E-state index >= 15 is 0 Å². The average molecular weight is 222 g/mol. The Hall–Kier alpha value is -2.15. The molecule has 0 atom stereocenters. The highest BCUT2D eigenvalue weighted by molar-refractivity contribution is 5.67. The summed E-state index contributed by atoms with van der Waals surface area (Å²) in [7, 11) is 0. The number of aromatic nitrogens is 1. The molecule has 0 bridgehead atoms. The van der Waals surface area contributed by atoms with E-state index in [4.69, 9.17) is 0 Å². The van der Waals surface area contributed by atoms with Gasteiger partial charge >= 0.3 is 0 Å². The van der Waals surface area contributed by atoms with E-state index in [0.29, 0.717) is 0 Å². The molecule has 0 fully saturated rings. The molecule has 0 aliphatic rings. The number of nitrogens with zero attached hydrogens (tertiary/aromatic N) is 1. The maximum atomic E-state index is 4.12. The molecule has 0 saturated carbocycles. The molecule has 1 aromatic heterocycles. The van der Waals surface area contributed by atoms with E-state index in [1.54, 1.807) is 0 Å². The van der Waals surface area contributed by atoms with Crippen molar-refractivity contribution in [3.63, 3.8) is 0 Å². The van der Waals surface area contributed by atoms with E-state index in [1.807, 2.05) is 53.4 Å². The standard InChI is InChI=1S/C16H16N/c1-14(13-16-9-5-3-6-10-16)15(2)17-11-7-4-8-12-17/h3-13H,2H2,1H3/q+1/b14-13+. The Morgan fingerprint density at radius 3 is 2.24 bits per heavy atom. The molecular formula is C16H16N+. The van der Waals surface area contributed by atoms with Crippen molar-refractivity contribution in [3.8, 4) is 0 Å². The number of hydrogen-bond donors (Lipinski definition) is 0. The molecule has 0 saturated heterocycles. The fraction of sp³-hybridized carbons (Fsp3) is 0.0625. The zero-order valence-corrected chi connectivity index (χ0v) is 10.0. The van der Waals surface area contributed by atoms with Crippen molar-refractivity contribution in [1.29, 1.82) is 0 Å². The Kier molecular flexibility index (Phi) is 3.51. The molecule has 0 amide bonds. The van der Waals surface area contributed by atoms with E-state index in [-0.39, 0.29) is 0 Å². The van der Waals surface area contributed by atoms with Gasteiger partial charge in [-0.1, -0.05) is 36.4 Å². The molecule has 1 nitrogen and oxygen atoms in total. The number of allylic oxidation sites excluding steroid dienone is 2. The van der Waals surface area contributed by atoms with Crippen LogP contribution in [0.3, 0.4) is 0 Å². The summed E-state index contributed by atoms with van der Waals surface area (Å²) in [6.07, 6.45) is 6.15. The number of hydrogen-bond acceptors (Lipinski definition) is 0. The predicted octanol–water partition coefficient (Wildman–Crippen LogP) is 3.55. The molecule has 0 radical (unpaired) electrons. The van der Waals surface area contributed by atoms with Crippen LogP contribution in [0.5, 0.6) is 0 Å². The molecule has 0 N–H and O–H groups in total. The lowest BCUT2D eigenvalue weighted by Gasteiger charge is -2.00. The van der Waals surface area contributed by atoms with Crippen LogP contribution in [-0.4, -0.2) is 0 Å². The summed E-state index contributed by atoms with van der Waals surface area (Å²) in [4.78, 5) is 0. The Labute approximate surface area is 102 Å². The third-order valence-electron chi connectivity index (χ3n) is 2.67. The van der Waals surface area contributed by atoms with Crippen molar-refractivity contribution in [2.75, 3.05) is 0 Å². The van der Waals surface area contributed by atoms with Gasteiger partial charge in [0.2, 0.25) is 5.70 Å². The van der Waals surface area contributed by atoms with Crippen molar-refractivity contribution >= 4 is 11.8 Å². The van der Waals surface area contributed by atoms with Crippen LogP contribution in [0.4, 0.5) is 0 Å². The van der Waals surface area contributed by atoms with Gasteiger partial charge in [-0.05, 0) is 25.1 Å². The summed E-state index contributed by atoms with van der Waals surface area (Å²) in [5.41, 5.74) is 3.35. The molecular weight excluding hydrogens is 206 g/mol. The van der Waals surface area contributed by atoms with Crippen LogP contribution in [0, 0.1) is 0 Å². The second-order valence-corrected chi connectivity index (χ2v) is 3.97. The van der Waals surface area contributed by atoms with Gasteiger partial charge in [0, 0.05) is 17.7 Å². The Morgan fingerprint density at radius 1 is 1.00 bits per heavy atom. The molecule has 0 spiro atoms. The smallest absolute Gasteiger partial charge is 0.168 e. The topological polar surface area (TPSA) is 3.88 Å². The summed E-state index contributed by atoms with van der Waals surface area (Å²) >= 11 is 0. The normalized spacial score (nSPS) is 11.2. The first kappa shape index (κ1) is 11.3. The van der Waals surface area contributed by atoms with E-state index < -0.39 is 0 Å². The highest BCUT2D eigenvalue weighted by atomic mass is 14.9. The molecule has 17 heavy (non-hydrogen) atoms. The van der Waals surface area contributed by atoms with Crippen LogP contribution in [0.15, 0.2) is 73.1 Å². The molecule has 1 heteroatoms. The zero-order chi connectivity index (χ0) is 12.1. The Morgan fingerprint density at radius 2 is 1.59 bits per heavy atom. The van der Waals surface area contributed by atoms with Crippen LogP contribution in [-0.2, 0) is 0 Å². The lowest BCUT2D eigenvalue weighted by atomic mass is 10.1. The molecule has 84 valence electrons. The first-order valence-corrected chi connectivity index (χ1v) is 5.66. The van der Waals surface area contributed by atoms with Crippen molar-refractivity contribution in [3.05, 3.63) is 78.6 Å². The highest BCUT2D eigenvalue weighted by Crippen LogP contribution is 2.12. The molecule has 2 aromatic rings. The summed E-state index contributed by atoms with van der Waals surface area (Å²) in [6.45, 7) is 6.19. The summed E-state index contributed by atoms with van der Waals surface area (Å²) in [5.74, 6) is 0. The van der Waals surface area contributed by atoms with Crippen LogP contribution < -0.4 is 4.57 Å². The second-order valence-electron chi connectivity index (χ2n) is 3.97. The maximum absolute atomic E-state index is 4.12. The van der Waals surface area contributed by atoms with Gasteiger partial charge in [0.15, 0.2) is 12.4 Å². The van der Waals surface area contributed by atoms with Crippen LogP contribution >= 0.6 is 0 Å². The van der Waals surface area contributed by atoms with Gasteiger partial charge in [-0.15, -0.1) is 0 Å². The van der Waals surface area contributed by atoms with E-state index in [0.717, 1.165) is 11.3 Å². The lowest BCUT2D eigenvalue weighted by Crippen LogP contribution is -2.30. The van der Waals surface area contributed by atoms with Gasteiger partial charge in [-0.25, -0.2) is 0 Å². The minimum absolute atomic E-state index is 0.995. The van der Waals surface area contributed by atoms with Crippen molar-refractivity contribution in [1.82, 2.24) is 0 Å². The van der Waals surface area contributed by atoms with Gasteiger partial charge < -0.3 is 0 Å². The third kappa shape index (κ3) is 2.91. The SMILES string of the molecule is C=C(/C(C)=C/c1ccccc1)[n+]1ccccc1. The zero-order valence-electron chi connectivity index (χ0n) is 10.0. The second kappa shape index (κ2) is 5.26. The number of benzene rings is 1. The van der Waals surface area contributed by atoms with Crippen molar-refractivity contribution in [2.24, 2.45) is 0 Å². The fourth-order valence-corrected chi connectivity index (χ4v) is 1.66. The number of rotatable bonds is 3. The summed E-state index contributed by atoms with van der Waals surface area (Å²) in [5, 5.41) is 0. The van der Waals surface area contributed by atoms with E-state index in [1.165, 1.54) is 5.56 Å². The van der Waals surface area contributed by atoms with Crippen molar-refractivity contribution < 1.29 is 4.57 Å². The minimum Gasteiger partial charge on any atom is -0.168 e. The van der Waals surface area contributed by atoms with Gasteiger partial charge in [0.1, 0.15) is 0 Å². The monoisotopic (exact) mass is 222 g/mol. The van der Waals surface area contributed by atoms with Gasteiger partial charge in [-0.3, -0.25) is 0 Å². The molecule has 1 heterocycles. The number of pyridine rings is 1. The van der Waals surface area contributed by atoms with Crippen LogP contribution in [0.1, 0.15) is 12.5 Å². The highest BCUT2D eigenvalue weighted by Gasteiger charge is 2.07. The first-order valence-electron chi connectivity index (χ1n) is 5.66.